The molecule has 1 aromatic carbocycles. The average Bonchev–Trinajstić information content (AvgIpc) is 2.35. The molecule has 0 saturated heterocycles. The minimum atomic E-state index is -1.06. The summed E-state index contributed by atoms with van der Waals surface area (Å²) in [6.07, 6.45) is 0. The van der Waals surface area contributed by atoms with Crippen LogP contribution in [0.3, 0.4) is 0 Å². The molecule has 2 N–H and O–H groups in total. The Morgan fingerprint density at radius 2 is 1.95 bits per heavy atom. The van der Waals surface area contributed by atoms with E-state index in [-0.39, 0.29) is 26.1 Å². The molecule has 1 aromatic rings. The summed E-state index contributed by atoms with van der Waals surface area (Å²) in [6.45, 7) is -0.408. The Hall–Kier alpha value is -2.35. The lowest BCUT2D eigenvalue weighted by Gasteiger charge is -2.13. The molecule has 1 rings (SSSR count). The third kappa shape index (κ3) is 5.53. The van der Waals surface area contributed by atoms with E-state index in [1.165, 1.54) is 24.1 Å². The van der Waals surface area contributed by atoms with Crippen LogP contribution in [0.1, 0.15) is 10.4 Å². The van der Waals surface area contributed by atoms with Crippen LogP contribution >= 0.6 is 0 Å². The number of aliphatic carboxylic acids is 1. The van der Waals surface area contributed by atoms with Gasteiger partial charge in [0.2, 0.25) is 0 Å². The molecule has 106 valence electrons. The van der Waals surface area contributed by atoms with E-state index < -0.39 is 17.9 Å². The minimum Gasteiger partial charge on any atom is -0.534 e. The van der Waals surface area contributed by atoms with Gasteiger partial charge in [0.05, 0.1) is 18.7 Å². The van der Waals surface area contributed by atoms with Gasteiger partial charge in [0.1, 0.15) is 0 Å². The second-order valence-corrected chi connectivity index (χ2v) is 4.23. The maximum absolute atomic E-state index is 11.5. The highest BCUT2D eigenvalue weighted by Crippen LogP contribution is 1.96. The fourth-order valence-corrected chi connectivity index (χ4v) is 1.51. The monoisotopic (exact) mass is 279 g/mol. The Morgan fingerprint density at radius 3 is 2.55 bits per heavy atom. The van der Waals surface area contributed by atoms with Crippen molar-refractivity contribution >= 4 is 30.9 Å². The summed E-state index contributed by atoms with van der Waals surface area (Å²) in [6, 6.07) is 6.05. The molecule has 0 heterocycles. The second-order valence-electron chi connectivity index (χ2n) is 4.23. The van der Waals surface area contributed by atoms with Gasteiger partial charge in [-0.2, -0.15) is 0 Å². The van der Waals surface area contributed by atoms with Gasteiger partial charge in [-0.3, -0.25) is 14.5 Å². The van der Waals surface area contributed by atoms with Gasteiger partial charge in [-0.15, -0.1) is 0 Å². The molecule has 0 saturated carbocycles. The van der Waals surface area contributed by atoms with E-state index in [0.29, 0.717) is 5.46 Å². The van der Waals surface area contributed by atoms with E-state index in [2.05, 4.69) is 0 Å². The van der Waals surface area contributed by atoms with E-state index in [9.17, 15) is 14.4 Å². The number of carboxylic acid groups (broad SMARTS) is 2. The molecule has 0 amide bonds. The van der Waals surface area contributed by atoms with Gasteiger partial charge < -0.3 is 14.9 Å². The normalized spacial score (nSPS) is 10.1. The molecular weight excluding hydrogens is 265 g/mol. The second kappa shape index (κ2) is 7.29. The Balaban J connectivity index is 2.46. The summed E-state index contributed by atoms with van der Waals surface area (Å²) in [5, 5.41) is 17.4. The van der Waals surface area contributed by atoms with Crippen molar-refractivity contribution in [2.24, 2.45) is 0 Å². The minimum absolute atomic E-state index is 0.0547. The SMILES string of the molecule is CN(CC(=O)O)CC(=O)OBc1cccc(C(=O)O)c1. The molecule has 0 radical (unpaired) electrons. The predicted octanol–water partition coefficient (Wildman–Crippen LogP) is -1.08. The number of carbonyl (C=O) groups excluding carboxylic acids is 1. The standard InChI is InChI=1S/C12H14BNO6/c1-14(6-10(15)16)7-11(17)20-13-9-4-2-3-8(5-9)12(18)19/h2-5,13H,6-7H2,1H3,(H,15,16)(H,18,19). The van der Waals surface area contributed by atoms with Gasteiger partial charge in [0, 0.05) is 0 Å². The van der Waals surface area contributed by atoms with Crippen molar-refractivity contribution in [1.29, 1.82) is 0 Å². The molecule has 8 heteroatoms. The zero-order chi connectivity index (χ0) is 15.1. The van der Waals surface area contributed by atoms with Gasteiger partial charge in [0.25, 0.3) is 0 Å². The number of hydrogen-bond donors (Lipinski definition) is 2. The third-order valence-electron chi connectivity index (χ3n) is 2.38. The summed E-state index contributed by atoms with van der Waals surface area (Å²) >= 11 is 0. The number of aromatic carboxylic acids is 1. The van der Waals surface area contributed by atoms with E-state index in [1.807, 2.05) is 0 Å². The first-order chi connectivity index (χ1) is 9.38. The molecular formula is C12H14BNO6. The third-order valence-corrected chi connectivity index (χ3v) is 2.38. The van der Waals surface area contributed by atoms with Crippen LogP contribution in [0.15, 0.2) is 24.3 Å². The van der Waals surface area contributed by atoms with Crippen molar-refractivity contribution in [3.63, 3.8) is 0 Å². The molecule has 0 aliphatic carbocycles. The zero-order valence-electron chi connectivity index (χ0n) is 10.9. The van der Waals surface area contributed by atoms with E-state index >= 15 is 0 Å². The van der Waals surface area contributed by atoms with Crippen molar-refractivity contribution < 1.29 is 29.3 Å². The zero-order valence-corrected chi connectivity index (χ0v) is 10.9. The van der Waals surface area contributed by atoms with Crippen molar-refractivity contribution in [2.45, 2.75) is 0 Å². The van der Waals surface area contributed by atoms with Gasteiger partial charge in [-0.25, -0.2) is 4.79 Å². The van der Waals surface area contributed by atoms with Crippen LogP contribution in [0.2, 0.25) is 0 Å². The van der Waals surface area contributed by atoms with Crippen LogP contribution in [0, 0.1) is 0 Å². The highest BCUT2D eigenvalue weighted by Gasteiger charge is 2.12. The molecule has 0 atom stereocenters. The average molecular weight is 279 g/mol. The quantitative estimate of drug-likeness (QED) is 0.612. The number of likely N-dealkylation sites (N-methyl/N-ethyl adjacent to an activating group) is 1. The fourth-order valence-electron chi connectivity index (χ4n) is 1.51. The van der Waals surface area contributed by atoms with Crippen molar-refractivity contribution in [1.82, 2.24) is 4.90 Å². The summed E-state index contributed by atoms with van der Waals surface area (Å²) in [4.78, 5) is 33.9. The first-order valence-electron chi connectivity index (χ1n) is 5.76. The molecule has 0 aliphatic rings. The predicted molar refractivity (Wildman–Crippen MR) is 71.4 cm³/mol. The van der Waals surface area contributed by atoms with Crippen LogP contribution < -0.4 is 5.46 Å². The number of nitrogens with zero attached hydrogens (tertiary/aromatic N) is 1. The molecule has 0 fully saturated rings. The van der Waals surface area contributed by atoms with Gasteiger partial charge in [0.15, 0.2) is 0 Å². The number of carbonyl (C=O) groups is 3. The number of carboxylic acids is 2. The molecule has 0 unspecified atom stereocenters. The number of rotatable bonds is 7. The topological polar surface area (TPSA) is 104 Å². The molecule has 0 bridgehead atoms. The van der Waals surface area contributed by atoms with Crippen molar-refractivity contribution in [3.05, 3.63) is 29.8 Å². The Bertz CT molecular complexity index is 518. The molecule has 0 aromatic heterocycles. The highest BCUT2D eigenvalue weighted by atomic mass is 16.5. The summed E-state index contributed by atoms with van der Waals surface area (Å²) in [5.74, 6) is -2.66. The fraction of sp³-hybridized carbons (Fsp3) is 0.250. The summed E-state index contributed by atoms with van der Waals surface area (Å²) in [5.41, 5.74) is 0.667. The van der Waals surface area contributed by atoms with Gasteiger partial charge >= 0.3 is 25.4 Å². The van der Waals surface area contributed by atoms with Crippen LogP contribution in [-0.4, -0.2) is 60.6 Å². The van der Waals surface area contributed by atoms with Crippen LogP contribution in [0.4, 0.5) is 0 Å². The molecule has 0 spiro atoms. The number of hydrogen-bond acceptors (Lipinski definition) is 5. The van der Waals surface area contributed by atoms with Crippen LogP contribution in [0.25, 0.3) is 0 Å². The summed E-state index contributed by atoms with van der Waals surface area (Å²) < 4.78 is 4.95. The smallest absolute Gasteiger partial charge is 0.377 e. The molecule has 20 heavy (non-hydrogen) atoms. The lowest BCUT2D eigenvalue weighted by molar-refractivity contribution is -0.139. The first-order valence-corrected chi connectivity index (χ1v) is 5.76. The summed E-state index contributed by atoms with van der Waals surface area (Å²) in [7, 11) is 1.43. The molecule has 0 aliphatic heterocycles. The maximum Gasteiger partial charge on any atom is 0.377 e. The van der Waals surface area contributed by atoms with Crippen molar-refractivity contribution in [2.75, 3.05) is 20.1 Å². The Labute approximate surface area is 116 Å². The lowest BCUT2D eigenvalue weighted by Crippen LogP contribution is -2.33. The van der Waals surface area contributed by atoms with Crippen molar-refractivity contribution in [3.8, 4) is 0 Å². The van der Waals surface area contributed by atoms with Gasteiger partial charge in [-0.1, -0.05) is 12.1 Å². The van der Waals surface area contributed by atoms with Crippen LogP contribution in [-0.2, 0) is 14.2 Å². The van der Waals surface area contributed by atoms with E-state index in [0.717, 1.165) is 0 Å². The van der Waals surface area contributed by atoms with E-state index in [1.54, 1.807) is 12.1 Å². The molecule has 7 nitrogen and oxygen atoms in total. The lowest BCUT2D eigenvalue weighted by atomic mass is 9.87. The number of benzene rings is 1. The van der Waals surface area contributed by atoms with Gasteiger partial charge in [-0.05, 0) is 24.6 Å². The Morgan fingerprint density at radius 1 is 1.25 bits per heavy atom. The Kier molecular flexibility index (Phi) is 5.73. The van der Waals surface area contributed by atoms with Crippen LogP contribution in [0.5, 0.6) is 0 Å². The first kappa shape index (κ1) is 15.7. The highest BCUT2D eigenvalue weighted by molar-refractivity contribution is 6.49. The maximum atomic E-state index is 11.5. The largest absolute Gasteiger partial charge is 0.534 e. The van der Waals surface area contributed by atoms with E-state index in [4.69, 9.17) is 14.9 Å².